The van der Waals surface area contributed by atoms with Gasteiger partial charge in [-0.2, -0.15) is 5.10 Å². The van der Waals surface area contributed by atoms with Gasteiger partial charge in [0.2, 0.25) is 0 Å². The minimum Gasteiger partial charge on any atom is -0.305 e. The summed E-state index contributed by atoms with van der Waals surface area (Å²) in [6.45, 7) is 8.23. The lowest BCUT2D eigenvalue weighted by molar-refractivity contribution is 0.530. The fourth-order valence-electron chi connectivity index (χ4n) is 2.26. The van der Waals surface area contributed by atoms with E-state index in [4.69, 9.17) is 0 Å². The Bertz CT molecular complexity index is 563. The first-order valence-corrected chi connectivity index (χ1v) is 7.97. The molecule has 0 fully saturated rings. The molecule has 1 unspecified atom stereocenters. The molecule has 2 rings (SSSR count). The van der Waals surface area contributed by atoms with Crippen LogP contribution in [0.25, 0.3) is 0 Å². The van der Waals surface area contributed by atoms with E-state index in [1.54, 1.807) is 0 Å². The average Bonchev–Trinajstić information content (AvgIpc) is 2.87. The van der Waals surface area contributed by atoms with Crippen LogP contribution in [0.2, 0.25) is 0 Å². The van der Waals surface area contributed by atoms with Gasteiger partial charge in [0.15, 0.2) is 0 Å². The maximum absolute atomic E-state index is 4.58. The first-order chi connectivity index (χ1) is 9.63. The van der Waals surface area contributed by atoms with E-state index < -0.39 is 0 Å². The highest BCUT2D eigenvalue weighted by Gasteiger charge is 2.09. The molecule has 0 amide bonds. The molecule has 1 aromatic heterocycles. The van der Waals surface area contributed by atoms with Crippen molar-refractivity contribution in [1.29, 1.82) is 0 Å². The third-order valence-electron chi connectivity index (χ3n) is 3.51. The number of nitrogens with zero attached hydrogens (tertiary/aromatic N) is 2. The average molecular weight is 336 g/mol. The molecule has 1 aromatic carbocycles. The number of hydrogen-bond acceptors (Lipinski definition) is 2. The Balaban J connectivity index is 2.03. The summed E-state index contributed by atoms with van der Waals surface area (Å²) in [6, 6.07) is 10.9. The molecule has 1 atom stereocenters. The molecule has 0 saturated carbocycles. The maximum Gasteiger partial charge on any atom is 0.0625 e. The molecule has 0 aliphatic heterocycles. The Morgan fingerprint density at radius 3 is 2.75 bits per heavy atom. The smallest absolute Gasteiger partial charge is 0.0625 e. The lowest BCUT2D eigenvalue weighted by Gasteiger charge is -2.15. The first-order valence-electron chi connectivity index (χ1n) is 7.18. The van der Waals surface area contributed by atoms with E-state index in [0.29, 0.717) is 6.04 Å². The molecule has 3 nitrogen and oxygen atoms in total. The summed E-state index contributed by atoms with van der Waals surface area (Å²) >= 11 is 3.52. The zero-order chi connectivity index (χ0) is 14.5. The molecular weight excluding hydrogens is 314 g/mol. The SMILES string of the molecule is CCc1cc(CNC(C)c2cccc(Br)c2)n(CC)n1. The van der Waals surface area contributed by atoms with Crippen LogP contribution in [0.3, 0.4) is 0 Å². The van der Waals surface area contributed by atoms with E-state index in [2.05, 4.69) is 82.1 Å². The van der Waals surface area contributed by atoms with Crippen LogP contribution >= 0.6 is 15.9 Å². The largest absolute Gasteiger partial charge is 0.305 e. The zero-order valence-corrected chi connectivity index (χ0v) is 13.9. The van der Waals surface area contributed by atoms with Crippen molar-refractivity contribution >= 4 is 15.9 Å². The minimum absolute atomic E-state index is 0.317. The fraction of sp³-hybridized carbons (Fsp3) is 0.438. The van der Waals surface area contributed by atoms with E-state index in [0.717, 1.165) is 24.0 Å². The summed E-state index contributed by atoms with van der Waals surface area (Å²) in [5.41, 5.74) is 3.71. The zero-order valence-electron chi connectivity index (χ0n) is 12.4. The van der Waals surface area contributed by atoms with Crippen molar-refractivity contribution in [3.8, 4) is 0 Å². The lowest BCUT2D eigenvalue weighted by atomic mass is 10.1. The van der Waals surface area contributed by atoms with Gasteiger partial charge in [-0.05, 0) is 44.0 Å². The van der Waals surface area contributed by atoms with Crippen LogP contribution in [0.15, 0.2) is 34.8 Å². The number of aromatic nitrogens is 2. The van der Waals surface area contributed by atoms with E-state index in [1.807, 2.05) is 0 Å². The molecule has 0 bridgehead atoms. The van der Waals surface area contributed by atoms with E-state index >= 15 is 0 Å². The van der Waals surface area contributed by atoms with Gasteiger partial charge in [0, 0.05) is 23.6 Å². The predicted molar refractivity (Wildman–Crippen MR) is 86.7 cm³/mol. The minimum atomic E-state index is 0.317. The summed E-state index contributed by atoms with van der Waals surface area (Å²) in [7, 11) is 0. The van der Waals surface area contributed by atoms with Crippen molar-refractivity contribution < 1.29 is 0 Å². The molecule has 108 valence electrons. The highest BCUT2D eigenvalue weighted by atomic mass is 79.9. The summed E-state index contributed by atoms with van der Waals surface area (Å²) in [5.74, 6) is 0. The molecule has 0 aliphatic rings. The molecule has 0 saturated heterocycles. The van der Waals surface area contributed by atoms with Gasteiger partial charge in [-0.1, -0.05) is 35.0 Å². The molecule has 0 radical (unpaired) electrons. The van der Waals surface area contributed by atoms with Crippen molar-refractivity contribution in [2.45, 2.75) is 46.3 Å². The summed E-state index contributed by atoms with van der Waals surface area (Å²) in [6.07, 6.45) is 0.987. The summed E-state index contributed by atoms with van der Waals surface area (Å²) in [4.78, 5) is 0. The normalized spacial score (nSPS) is 12.6. The molecule has 1 N–H and O–H groups in total. The molecule has 2 aromatic rings. The van der Waals surface area contributed by atoms with Gasteiger partial charge in [-0.15, -0.1) is 0 Å². The second-order valence-corrected chi connectivity index (χ2v) is 5.87. The Morgan fingerprint density at radius 1 is 1.30 bits per heavy atom. The van der Waals surface area contributed by atoms with Crippen molar-refractivity contribution in [1.82, 2.24) is 15.1 Å². The number of rotatable bonds is 6. The number of hydrogen-bond donors (Lipinski definition) is 1. The second kappa shape index (κ2) is 7.04. The molecule has 0 aliphatic carbocycles. The second-order valence-electron chi connectivity index (χ2n) is 4.95. The number of aryl methyl sites for hydroxylation is 2. The van der Waals surface area contributed by atoms with E-state index in [1.165, 1.54) is 17.0 Å². The third-order valence-corrected chi connectivity index (χ3v) is 4.01. The molecule has 0 spiro atoms. The molecular formula is C16H22BrN3. The molecule has 4 heteroatoms. The van der Waals surface area contributed by atoms with Gasteiger partial charge in [0.05, 0.1) is 11.4 Å². The topological polar surface area (TPSA) is 29.9 Å². The van der Waals surface area contributed by atoms with Gasteiger partial charge in [0.1, 0.15) is 0 Å². The fourth-order valence-corrected chi connectivity index (χ4v) is 2.67. The van der Waals surface area contributed by atoms with Gasteiger partial charge >= 0.3 is 0 Å². The third kappa shape index (κ3) is 3.70. The van der Waals surface area contributed by atoms with Crippen molar-refractivity contribution in [2.75, 3.05) is 0 Å². The van der Waals surface area contributed by atoms with Crippen molar-refractivity contribution in [3.63, 3.8) is 0 Å². The quantitative estimate of drug-likeness (QED) is 0.861. The first kappa shape index (κ1) is 15.3. The standard InChI is InChI=1S/C16H22BrN3/c1-4-15-10-16(20(5-2)19-15)11-18-12(3)13-7-6-8-14(17)9-13/h6-10,12,18H,4-5,11H2,1-3H3. The van der Waals surface area contributed by atoms with Gasteiger partial charge in [0.25, 0.3) is 0 Å². The van der Waals surface area contributed by atoms with Crippen molar-refractivity contribution in [3.05, 3.63) is 51.8 Å². The summed E-state index contributed by atoms with van der Waals surface area (Å²) < 4.78 is 3.20. The van der Waals surface area contributed by atoms with E-state index in [9.17, 15) is 0 Å². The van der Waals surface area contributed by atoms with Crippen LogP contribution in [-0.4, -0.2) is 9.78 Å². The van der Waals surface area contributed by atoms with Gasteiger partial charge in [-0.3, -0.25) is 4.68 Å². The monoisotopic (exact) mass is 335 g/mol. The Hall–Kier alpha value is -1.13. The molecule has 1 heterocycles. The Kier molecular flexibility index (Phi) is 5.38. The molecule has 20 heavy (non-hydrogen) atoms. The number of halogens is 1. The van der Waals surface area contributed by atoms with Crippen LogP contribution in [0.4, 0.5) is 0 Å². The highest BCUT2D eigenvalue weighted by Crippen LogP contribution is 2.18. The van der Waals surface area contributed by atoms with Gasteiger partial charge in [-0.25, -0.2) is 0 Å². The predicted octanol–water partition coefficient (Wildman–Crippen LogP) is 4.08. The highest BCUT2D eigenvalue weighted by molar-refractivity contribution is 9.10. The lowest BCUT2D eigenvalue weighted by Crippen LogP contribution is -2.20. The number of nitrogens with one attached hydrogen (secondary N) is 1. The van der Waals surface area contributed by atoms with E-state index in [-0.39, 0.29) is 0 Å². The Morgan fingerprint density at radius 2 is 2.10 bits per heavy atom. The summed E-state index contributed by atoms with van der Waals surface area (Å²) in [5, 5.41) is 8.15. The van der Waals surface area contributed by atoms with Crippen LogP contribution in [0, 0.1) is 0 Å². The van der Waals surface area contributed by atoms with Crippen molar-refractivity contribution in [2.24, 2.45) is 0 Å². The van der Waals surface area contributed by atoms with Crippen LogP contribution in [-0.2, 0) is 19.5 Å². The number of benzene rings is 1. The van der Waals surface area contributed by atoms with Gasteiger partial charge < -0.3 is 5.32 Å². The van der Waals surface area contributed by atoms with Crippen LogP contribution < -0.4 is 5.32 Å². The maximum atomic E-state index is 4.58. The Labute approximate surface area is 129 Å². The van der Waals surface area contributed by atoms with Crippen LogP contribution in [0.5, 0.6) is 0 Å². The van der Waals surface area contributed by atoms with Crippen LogP contribution in [0.1, 0.15) is 43.8 Å².